The fraction of sp³-hybridized carbons (Fsp3) is 0.0714. The molecular formula is C14H12BrFN2O. The van der Waals surface area contributed by atoms with Gasteiger partial charge in [0.2, 0.25) is 0 Å². The Balaban J connectivity index is 2.18. The summed E-state index contributed by atoms with van der Waals surface area (Å²) < 4.78 is 13.7. The molecule has 2 aromatic rings. The molecule has 0 heterocycles. The van der Waals surface area contributed by atoms with Gasteiger partial charge in [0.15, 0.2) is 0 Å². The maximum Gasteiger partial charge on any atom is 0.255 e. The summed E-state index contributed by atoms with van der Waals surface area (Å²) in [6.45, 7) is 0.399. The monoisotopic (exact) mass is 322 g/mol. The number of amides is 1. The van der Waals surface area contributed by atoms with Gasteiger partial charge in [-0.15, -0.1) is 0 Å². The molecule has 0 aromatic heterocycles. The molecule has 0 aliphatic carbocycles. The highest BCUT2D eigenvalue weighted by Gasteiger charge is 2.09. The first-order valence-corrected chi connectivity index (χ1v) is 6.45. The summed E-state index contributed by atoms with van der Waals surface area (Å²) in [4.78, 5) is 12.0. The van der Waals surface area contributed by atoms with E-state index in [1.807, 2.05) is 6.07 Å². The van der Waals surface area contributed by atoms with Crippen LogP contribution in [0.15, 0.2) is 46.9 Å². The zero-order valence-corrected chi connectivity index (χ0v) is 11.6. The SMILES string of the molecule is NCc1cccc(NC(=O)c2ccc(Br)c(F)c2)c1. The molecule has 0 radical (unpaired) electrons. The first-order chi connectivity index (χ1) is 9.10. The summed E-state index contributed by atoms with van der Waals surface area (Å²) in [5, 5.41) is 2.70. The number of nitrogens with two attached hydrogens (primary N) is 1. The van der Waals surface area contributed by atoms with Crippen molar-refractivity contribution in [1.82, 2.24) is 0 Å². The van der Waals surface area contributed by atoms with Crippen LogP contribution in [0.5, 0.6) is 0 Å². The maximum atomic E-state index is 13.4. The Kier molecular flexibility index (Phi) is 4.29. The van der Waals surface area contributed by atoms with Gasteiger partial charge in [-0.2, -0.15) is 0 Å². The molecular weight excluding hydrogens is 311 g/mol. The number of hydrogen-bond acceptors (Lipinski definition) is 2. The number of carbonyl (C=O) groups excluding carboxylic acids is 1. The quantitative estimate of drug-likeness (QED) is 0.911. The third kappa shape index (κ3) is 3.39. The molecule has 0 bridgehead atoms. The average Bonchev–Trinajstić information content (AvgIpc) is 2.42. The van der Waals surface area contributed by atoms with Crippen molar-refractivity contribution in [2.45, 2.75) is 6.54 Å². The van der Waals surface area contributed by atoms with Crippen LogP contribution in [0.4, 0.5) is 10.1 Å². The van der Waals surface area contributed by atoms with E-state index in [-0.39, 0.29) is 11.5 Å². The molecule has 5 heteroatoms. The van der Waals surface area contributed by atoms with E-state index in [1.54, 1.807) is 24.3 Å². The Morgan fingerprint density at radius 2 is 2.05 bits per heavy atom. The van der Waals surface area contributed by atoms with Gasteiger partial charge in [0, 0.05) is 17.8 Å². The van der Waals surface area contributed by atoms with Crippen LogP contribution in [-0.2, 0) is 6.54 Å². The highest BCUT2D eigenvalue weighted by molar-refractivity contribution is 9.10. The second-order valence-corrected chi connectivity index (χ2v) is 4.84. The zero-order chi connectivity index (χ0) is 13.8. The van der Waals surface area contributed by atoms with E-state index in [0.717, 1.165) is 5.56 Å². The van der Waals surface area contributed by atoms with Crippen molar-refractivity contribution < 1.29 is 9.18 Å². The lowest BCUT2D eigenvalue weighted by molar-refractivity contribution is 0.102. The minimum Gasteiger partial charge on any atom is -0.326 e. The molecule has 0 spiro atoms. The van der Waals surface area contributed by atoms with Crippen LogP contribution in [0, 0.1) is 5.82 Å². The molecule has 2 rings (SSSR count). The molecule has 0 aliphatic rings. The van der Waals surface area contributed by atoms with Crippen LogP contribution in [-0.4, -0.2) is 5.91 Å². The smallest absolute Gasteiger partial charge is 0.255 e. The van der Waals surface area contributed by atoms with Crippen LogP contribution in [0.25, 0.3) is 0 Å². The second kappa shape index (κ2) is 5.95. The molecule has 2 aromatic carbocycles. The van der Waals surface area contributed by atoms with E-state index < -0.39 is 5.82 Å². The third-order valence-corrected chi connectivity index (χ3v) is 3.25. The lowest BCUT2D eigenvalue weighted by Gasteiger charge is -2.07. The lowest BCUT2D eigenvalue weighted by atomic mass is 10.1. The van der Waals surface area contributed by atoms with Crippen LogP contribution in [0.2, 0.25) is 0 Å². The number of nitrogens with one attached hydrogen (secondary N) is 1. The van der Waals surface area contributed by atoms with Crippen molar-refractivity contribution >= 4 is 27.5 Å². The molecule has 0 atom stereocenters. The summed E-state index contributed by atoms with van der Waals surface area (Å²) in [5.74, 6) is -0.830. The van der Waals surface area contributed by atoms with Gasteiger partial charge in [0.05, 0.1) is 4.47 Å². The fourth-order valence-corrected chi connectivity index (χ4v) is 1.86. The molecule has 0 aliphatic heterocycles. The minimum atomic E-state index is -0.469. The average molecular weight is 323 g/mol. The van der Waals surface area contributed by atoms with E-state index in [2.05, 4.69) is 21.2 Å². The highest BCUT2D eigenvalue weighted by Crippen LogP contribution is 2.18. The first kappa shape index (κ1) is 13.7. The predicted octanol–water partition coefficient (Wildman–Crippen LogP) is 3.30. The molecule has 1 amide bonds. The summed E-state index contributed by atoms with van der Waals surface area (Å²) in [7, 11) is 0. The van der Waals surface area contributed by atoms with Crippen molar-refractivity contribution in [2.75, 3.05) is 5.32 Å². The predicted molar refractivity (Wildman–Crippen MR) is 76.4 cm³/mol. The Hall–Kier alpha value is -1.72. The van der Waals surface area contributed by atoms with Crippen molar-refractivity contribution in [3.05, 3.63) is 63.9 Å². The number of anilines is 1. The number of carbonyl (C=O) groups is 1. The molecule has 3 N–H and O–H groups in total. The van der Waals surface area contributed by atoms with E-state index in [1.165, 1.54) is 12.1 Å². The Morgan fingerprint density at radius 3 is 2.74 bits per heavy atom. The molecule has 0 saturated carbocycles. The van der Waals surface area contributed by atoms with Crippen molar-refractivity contribution in [3.8, 4) is 0 Å². The van der Waals surface area contributed by atoms with Crippen LogP contribution in [0.1, 0.15) is 15.9 Å². The van der Waals surface area contributed by atoms with Gasteiger partial charge in [-0.05, 0) is 51.8 Å². The van der Waals surface area contributed by atoms with Gasteiger partial charge in [-0.1, -0.05) is 12.1 Å². The molecule has 19 heavy (non-hydrogen) atoms. The number of benzene rings is 2. The molecule has 0 unspecified atom stereocenters. The van der Waals surface area contributed by atoms with Gasteiger partial charge in [0.25, 0.3) is 5.91 Å². The van der Waals surface area contributed by atoms with Crippen LogP contribution in [0.3, 0.4) is 0 Å². The molecule has 0 fully saturated rings. The summed E-state index contributed by atoms with van der Waals surface area (Å²) >= 11 is 3.04. The van der Waals surface area contributed by atoms with Gasteiger partial charge < -0.3 is 11.1 Å². The Labute approximate surface area is 118 Å². The van der Waals surface area contributed by atoms with E-state index in [4.69, 9.17) is 5.73 Å². The van der Waals surface area contributed by atoms with Gasteiger partial charge in [0.1, 0.15) is 5.82 Å². The van der Waals surface area contributed by atoms with E-state index in [9.17, 15) is 9.18 Å². The van der Waals surface area contributed by atoms with Gasteiger partial charge in [-0.3, -0.25) is 4.79 Å². The molecule has 98 valence electrons. The number of rotatable bonds is 3. The van der Waals surface area contributed by atoms with E-state index in [0.29, 0.717) is 16.7 Å². The first-order valence-electron chi connectivity index (χ1n) is 5.65. The number of halogens is 2. The fourth-order valence-electron chi connectivity index (χ4n) is 1.62. The standard InChI is InChI=1S/C14H12BrFN2O/c15-12-5-4-10(7-13(12)16)14(19)18-11-3-1-2-9(6-11)8-17/h1-7H,8,17H2,(H,18,19). The van der Waals surface area contributed by atoms with Crippen LogP contribution < -0.4 is 11.1 Å². The molecule has 3 nitrogen and oxygen atoms in total. The molecule has 0 saturated heterocycles. The normalized spacial score (nSPS) is 10.3. The topological polar surface area (TPSA) is 55.1 Å². The summed E-state index contributed by atoms with van der Waals surface area (Å²) in [6.07, 6.45) is 0. The Bertz CT molecular complexity index is 616. The van der Waals surface area contributed by atoms with Crippen molar-refractivity contribution in [3.63, 3.8) is 0 Å². The van der Waals surface area contributed by atoms with Crippen molar-refractivity contribution in [1.29, 1.82) is 0 Å². The van der Waals surface area contributed by atoms with Crippen molar-refractivity contribution in [2.24, 2.45) is 5.73 Å². The van der Waals surface area contributed by atoms with Gasteiger partial charge >= 0.3 is 0 Å². The maximum absolute atomic E-state index is 13.4. The Morgan fingerprint density at radius 1 is 1.26 bits per heavy atom. The van der Waals surface area contributed by atoms with Crippen LogP contribution >= 0.6 is 15.9 Å². The highest BCUT2D eigenvalue weighted by atomic mass is 79.9. The largest absolute Gasteiger partial charge is 0.326 e. The third-order valence-electron chi connectivity index (χ3n) is 2.60. The summed E-state index contributed by atoms with van der Waals surface area (Å²) in [5.41, 5.74) is 7.34. The lowest BCUT2D eigenvalue weighted by Crippen LogP contribution is -2.12. The minimum absolute atomic E-state index is 0.263. The summed E-state index contributed by atoms with van der Waals surface area (Å²) in [6, 6.07) is 11.5. The van der Waals surface area contributed by atoms with Gasteiger partial charge in [-0.25, -0.2) is 4.39 Å². The van der Waals surface area contributed by atoms with E-state index >= 15 is 0 Å². The number of hydrogen-bond donors (Lipinski definition) is 2. The second-order valence-electron chi connectivity index (χ2n) is 3.99. The zero-order valence-electron chi connectivity index (χ0n) is 9.99.